The number of carbonyl (C=O) groups excluding carboxylic acids is 2. The highest BCUT2D eigenvalue weighted by atomic mass is 79.9. The third-order valence-electron chi connectivity index (χ3n) is 2.44. The van der Waals surface area contributed by atoms with E-state index in [1.54, 1.807) is 13.0 Å². The Balaban J connectivity index is 3.15. The van der Waals surface area contributed by atoms with E-state index >= 15 is 0 Å². The molecule has 96 valence electrons. The number of hydrogen-bond acceptors (Lipinski definition) is 4. The van der Waals surface area contributed by atoms with E-state index in [0.29, 0.717) is 5.56 Å². The monoisotopic (exact) mass is 312 g/mol. The van der Waals surface area contributed by atoms with Crippen molar-refractivity contribution in [1.29, 1.82) is 0 Å². The van der Waals surface area contributed by atoms with Crippen molar-refractivity contribution >= 4 is 33.4 Å². The number of halogens is 1. The summed E-state index contributed by atoms with van der Waals surface area (Å²) in [5.41, 5.74) is 2.22. The molecular weight excluding hydrogens is 300 g/mol. The Bertz CT molecular complexity index is 532. The van der Waals surface area contributed by atoms with Gasteiger partial charge in [-0.15, -0.1) is 0 Å². The molecule has 1 aromatic carbocycles. The van der Waals surface area contributed by atoms with Gasteiger partial charge in [-0.3, -0.25) is 4.79 Å². The van der Waals surface area contributed by atoms with Crippen molar-refractivity contribution in [2.75, 3.05) is 7.11 Å². The van der Waals surface area contributed by atoms with E-state index in [4.69, 9.17) is 0 Å². The lowest BCUT2D eigenvalue weighted by atomic mass is 10.0. The molecule has 4 nitrogen and oxygen atoms in total. The van der Waals surface area contributed by atoms with Crippen molar-refractivity contribution in [3.05, 3.63) is 39.4 Å². The average Bonchev–Trinajstić information content (AvgIpc) is 2.32. The number of aryl methyl sites for hydroxylation is 2. The van der Waals surface area contributed by atoms with Crippen molar-refractivity contribution in [1.82, 2.24) is 0 Å². The summed E-state index contributed by atoms with van der Waals surface area (Å²) in [5.74, 6) is -2.15. The zero-order valence-electron chi connectivity index (χ0n) is 10.3. The molecule has 1 N–H and O–H groups in total. The molecule has 0 saturated carbocycles. The molecule has 0 radical (unpaired) electrons. The molecule has 1 aromatic rings. The van der Waals surface area contributed by atoms with Crippen LogP contribution < -0.4 is 0 Å². The first-order chi connectivity index (χ1) is 8.36. The summed E-state index contributed by atoms with van der Waals surface area (Å²) >= 11 is 3.37. The maximum absolute atomic E-state index is 11.3. The zero-order valence-corrected chi connectivity index (χ0v) is 11.9. The third-order valence-corrected chi connectivity index (χ3v) is 3.29. The second kappa shape index (κ2) is 5.82. The lowest BCUT2D eigenvalue weighted by Crippen LogP contribution is -2.13. The normalized spacial score (nSPS) is 11.2. The van der Waals surface area contributed by atoms with Gasteiger partial charge < -0.3 is 9.84 Å². The highest BCUT2D eigenvalue weighted by Gasteiger charge is 2.14. The standard InChI is InChI=1S/C13H13BrO4/c1-7-5-10(14)8(2)4-9(7)11(15)6-12(16)13(17)18-3/h4-6,15H,1-3H3/b11-6-. The lowest BCUT2D eigenvalue weighted by molar-refractivity contribution is -0.149. The fourth-order valence-corrected chi connectivity index (χ4v) is 1.88. The van der Waals surface area contributed by atoms with E-state index in [2.05, 4.69) is 20.7 Å². The molecule has 0 spiro atoms. The first kappa shape index (κ1) is 14.4. The van der Waals surface area contributed by atoms with Crippen molar-refractivity contribution in [2.45, 2.75) is 13.8 Å². The van der Waals surface area contributed by atoms with E-state index in [0.717, 1.165) is 28.8 Å². The Morgan fingerprint density at radius 2 is 1.89 bits per heavy atom. The smallest absolute Gasteiger partial charge is 0.378 e. The maximum Gasteiger partial charge on any atom is 0.378 e. The number of hydrogen-bond donors (Lipinski definition) is 1. The summed E-state index contributed by atoms with van der Waals surface area (Å²) < 4.78 is 5.18. The minimum absolute atomic E-state index is 0.251. The Labute approximate surface area is 113 Å². The van der Waals surface area contributed by atoms with Crippen LogP contribution >= 0.6 is 15.9 Å². The maximum atomic E-state index is 11.3. The number of methoxy groups -OCH3 is 1. The molecule has 0 unspecified atom stereocenters. The topological polar surface area (TPSA) is 63.6 Å². The summed E-state index contributed by atoms with van der Waals surface area (Å²) in [7, 11) is 1.11. The second-order valence-corrected chi connectivity index (χ2v) is 4.66. The first-order valence-corrected chi connectivity index (χ1v) is 5.96. The summed E-state index contributed by atoms with van der Waals surface area (Å²) in [4.78, 5) is 22.3. The molecule has 0 fully saturated rings. The zero-order chi connectivity index (χ0) is 13.9. The number of benzene rings is 1. The van der Waals surface area contributed by atoms with E-state index in [1.165, 1.54) is 0 Å². The number of aliphatic hydroxyl groups is 1. The molecule has 0 heterocycles. The van der Waals surface area contributed by atoms with E-state index < -0.39 is 11.8 Å². The molecule has 0 atom stereocenters. The molecule has 5 heteroatoms. The van der Waals surface area contributed by atoms with Crippen LogP contribution in [0.5, 0.6) is 0 Å². The lowest BCUT2D eigenvalue weighted by Gasteiger charge is -2.08. The van der Waals surface area contributed by atoms with Crippen LogP contribution in [-0.4, -0.2) is 24.0 Å². The molecule has 0 bridgehead atoms. The highest BCUT2D eigenvalue weighted by molar-refractivity contribution is 9.10. The molecular formula is C13H13BrO4. The number of rotatable bonds is 3. The van der Waals surface area contributed by atoms with Crippen LogP contribution in [0.25, 0.3) is 5.76 Å². The molecule has 1 rings (SSSR count). The van der Waals surface area contributed by atoms with Gasteiger partial charge in [0.15, 0.2) is 0 Å². The molecule has 0 aliphatic heterocycles. The van der Waals surface area contributed by atoms with E-state index in [1.807, 2.05) is 13.0 Å². The Hall–Kier alpha value is -1.62. The highest BCUT2D eigenvalue weighted by Crippen LogP contribution is 2.24. The van der Waals surface area contributed by atoms with Crippen LogP contribution in [0.2, 0.25) is 0 Å². The summed E-state index contributed by atoms with van der Waals surface area (Å²) in [5, 5.41) is 9.85. The van der Waals surface area contributed by atoms with Crippen LogP contribution in [0.15, 0.2) is 22.7 Å². The third kappa shape index (κ3) is 3.20. The van der Waals surface area contributed by atoms with Gasteiger partial charge >= 0.3 is 5.97 Å². The second-order valence-electron chi connectivity index (χ2n) is 3.80. The van der Waals surface area contributed by atoms with Crippen molar-refractivity contribution < 1.29 is 19.4 Å². The molecule has 0 aliphatic rings. The van der Waals surface area contributed by atoms with Gasteiger partial charge in [0, 0.05) is 16.1 Å². The Morgan fingerprint density at radius 3 is 2.44 bits per heavy atom. The Morgan fingerprint density at radius 1 is 1.28 bits per heavy atom. The summed E-state index contributed by atoms with van der Waals surface area (Å²) in [6, 6.07) is 3.56. The van der Waals surface area contributed by atoms with Gasteiger partial charge in [-0.1, -0.05) is 15.9 Å². The Kier molecular flexibility index (Phi) is 4.67. The molecule has 0 saturated heterocycles. The van der Waals surface area contributed by atoms with Gasteiger partial charge in [-0.05, 0) is 37.1 Å². The predicted octanol–water partition coefficient (Wildman–Crippen LogP) is 2.71. The van der Waals surface area contributed by atoms with Crippen LogP contribution in [0.4, 0.5) is 0 Å². The number of aliphatic hydroxyl groups excluding tert-OH is 1. The van der Waals surface area contributed by atoms with Crippen LogP contribution in [-0.2, 0) is 14.3 Å². The minimum Gasteiger partial charge on any atom is -0.507 e. The van der Waals surface area contributed by atoms with Crippen molar-refractivity contribution in [2.24, 2.45) is 0 Å². The van der Waals surface area contributed by atoms with Gasteiger partial charge in [0.05, 0.1) is 7.11 Å². The quantitative estimate of drug-likeness (QED) is 0.403. The van der Waals surface area contributed by atoms with Crippen LogP contribution in [0.3, 0.4) is 0 Å². The van der Waals surface area contributed by atoms with Crippen LogP contribution in [0, 0.1) is 13.8 Å². The van der Waals surface area contributed by atoms with Gasteiger partial charge in [-0.25, -0.2) is 4.79 Å². The minimum atomic E-state index is -1.01. The van der Waals surface area contributed by atoms with Gasteiger partial charge in [0.2, 0.25) is 0 Å². The van der Waals surface area contributed by atoms with Crippen LogP contribution in [0.1, 0.15) is 16.7 Å². The number of ketones is 1. The molecule has 18 heavy (non-hydrogen) atoms. The number of ether oxygens (including phenoxy) is 1. The molecule has 0 amide bonds. The largest absolute Gasteiger partial charge is 0.507 e. The number of carbonyl (C=O) groups is 2. The van der Waals surface area contributed by atoms with Crippen molar-refractivity contribution in [3.63, 3.8) is 0 Å². The summed E-state index contributed by atoms with van der Waals surface area (Å²) in [6.45, 7) is 3.66. The fourth-order valence-electron chi connectivity index (χ4n) is 1.42. The molecule has 0 aromatic heterocycles. The van der Waals surface area contributed by atoms with Crippen molar-refractivity contribution in [3.8, 4) is 0 Å². The number of esters is 1. The van der Waals surface area contributed by atoms with E-state index in [-0.39, 0.29) is 5.76 Å². The summed E-state index contributed by atoms with van der Waals surface area (Å²) in [6.07, 6.45) is 0.863. The van der Waals surface area contributed by atoms with Gasteiger partial charge in [-0.2, -0.15) is 0 Å². The van der Waals surface area contributed by atoms with Gasteiger partial charge in [0.25, 0.3) is 5.78 Å². The molecule has 0 aliphatic carbocycles. The first-order valence-electron chi connectivity index (χ1n) is 5.17. The average molecular weight is 313 g/mol. The van der Waals surface area contributed by atoms with Gasteiger partial charge in [0.1, 0.15) is 5.76 Å². The predicted molar refractivity (Wildman–Crippen MR) is 71.2 cm³/mol. The SMILES string of the molecule is COC(=O)C(=O)/C=C(\O)c1cc(C)c(Br)cc1C. The van der Waals surface area contributed by atoms with E-state index in [9.17, 15) is 14.7 Å². The fraction of sp³-hybridized carbons (Fsp3) is 0.231.